The van der Waals surface area contributed by atoms with Gasteiger partial charge >= 0.3 is 5.97 Å². The van der Waals surface area contributed by atoms with Gasteiger partial charge in [0, 0.05) is 6.42 Å². The highest BCUT2D eigenvalue weighted by Gasteiger charge is 2.47. The predicted octanol–water partition coefficient (Wildman–Crippen LogP) is 12.4. The number of esters is 1. The predicted molar refractivity (Wildman–Crippen MR) is 287 cm³/mol. The van der Waals surface area contributed by atoms with E-state index in [1.54, 1.807) is 6.08 Å². The van der Waals surface area contributed by atoms with E-state index in [-0.39, 0.29) is 19.4 Å². The van der Waals surface area contributed by atoms with Crippen molar-refractivity contribution < 1.29 is 49.3 Å². The molecule has 8 atom stereocenters. The Kier molecular flexibility index (Phi) is 43.8. The van der Waals surface area contributed by atoms with E-state index >= 15 is 0 Å². The van der Waals surface area contributed by atoms with E-state index in [2.05, 4.69) is 86.8 Å². The standard InChI is InChI=1S/C59H103NO10/c1-4-7-10-13-16-19-22-24-25-26-27-28-29-30-32-35-38-41-44-47-54(64)70-57-56(66)55(65)53(48-61)69-59(57)68-49-50(51(62)45-42-39-36-34-31-23-20-17-14-11-8-5-2)60-58(67)52(63)46-43-40-37-33-21-18-15-12-9-6-3/h7,10,16,19,24-25,27-28,30,32,42,45,50-53,55-57,59,61-63,65-66H,4-6,8-9,11-15,17-18,20-23,26,29,31,33-41,43-44,46-49H2,1-3H3,(H,60,67)/b10-7-,19-16-,25-24-,28-27-,32-30-,45-42+. The van der Waals surface area contributed by atoms with Gasteiger partial charge in [-0.1, -0.05) is 222 Å². The smallest absolute Gasteiger partial charge is 0.306 e. The van der Waals surface area contributed by atoms with Crippen LogP contribution in [-0.4, -0.2) is 99.6 Å². The molecule has 1 rings (SSSR count). The van der Waals surface area contributed by atoms with Crippen LogP contribution < -0.4 is 5.32 Å². The summed E-state index contributed by atoms with van der Waals surface area (Å²) in [5.41, 5.74) is 0. The average molecular weight is 986 g/mol. The van der Waals surface area contributed by atoms with E-state index in [4.69, 9.17) is 14.2 Å². The van der Waals surface area contributed by atoms with Crippen LogP contribution in [0.5, 0.6) is 0 Å². The molecule has 0 saturated carbocycles. The number of rotatable bonds is 46. The third-order valence-corrected chi connectivity index (χ3v) is 12.9. The summed E-state index contributed by atoms with van der Waals surface area (Å²) in [7, 11) is 0. The maximum absolute atomic E-state index is 13.3. The molecule has 8 unspecified atom stereocenters. The minimum atomic E-state index is -1.63. The molecule has 0 spiro atoms. The van der Waals surface area contributed by atoms with Crippen LogP contribution in [0.2, 0.25) is 0 Å². The number of nitrogens with one attached hydrogen (secondary N) is 1. The second-order valence-electron chi connectivity index (χ2n) is 19.3. The molecule has 1 amide bonds. The van der Waals surface area contributed by atoms with Crippen LogP contribution in [0.4, 0.5) is 0 Å². The van der Waals surface area contributed by atoms with Gasteiger partial charge in [-0.2, -0.15) is 0 Å². The number of allylic oxidation sites excluding steroid dienone is 11. The summed E-state index contributed by atoms with van der Waals surface area (Å²) in [6.45, 7) is 5.62. The number of hydrogen-bond donors (Lipinski definition) is 6. The van der Waals surface area contributed by atoms with E-state index in [1.165, 1.54) is 89.9 Å². The number of amides is 1. The van der Waals surface area contributed by atoms with Gasteiger partial charge in [0.1, 0.15) is 24.4 Å². The fraction of sp³-hybridized carbons (Fsp3) is 0.763. The van der Waals surface area contributed by atoms with Crippen LogP contribution in [0.25, 0.3) is 0 Å². The lowest BCUT2D eigenvalue weighted by molar-refractivity contribution is -0.305. The highest BCUT2D eigenvalue weighted by Crippen LogP contribution is 2.26. The Balaban J connectivity index is 2.74. The molecular formula is C59H103NO10. The average Bonchev–Trinajstić information content (AvgIpc) is 3.36. The van der Waals surface area contributed by atoms with Crippen molar-refractivity contribution in [3.05, 3.63) is 72.9 Å². The number of carbonyl (C=O) groups is 2. The monoisotopic (exact) mass is 986 g/mol. The van der Waals surface area contributed by atoms with Gasteiger partial charge in [0.05, 0.1) is 25.4 Å². The minimum absolute atomic E-state index is 0.0826. The van der Waals surface area contributed by atoms with Gasteiger partial charge in [0.15, 0.2) is 12.4 Å². The Morgan fingerprint density at radius 2 is 1.03 bits per heavy atom. The van der Waals surface area contributed by atoms with E-state index < -0.39 is 67.4 Å². The molecule has 0 bridgehead atoms. The zero-order valence-corrected chi connectivity index (χ0v) is 44.4. The van der Waals surface area contributed by atoms with Gasteiger partial charge in [0.2, 0.25) is 5.91 Å². The molecule has 1 fully saturated rings. The minimum Gasteiger partial charge on any atom is -0.454 e. The third kappa shape index (κ3) is 35.3. The third-order valence-electron chi connectivity index (χ3n) is 12.9. The van der Waals surface area contributed by atoms with Crippen LogP contribution in [0.15, 0.2) is 72.9 Å². The second kappa shape index (κ2) is 47.1. The molecule has 1 aliphatic heterocycles. The van der Waals surface area contributed by atoms with Crippen molar-refractivity contribution in [2.24, 2.45) is 0 Å². The zero-order valence-electron chi connectivity index (χ0n) is 44.4. The second-order valence-corrected chi connectivity index (χ2v) is 19.3. The number of unbranched alkanes of at least 4 members (excludes halogenated alkanes) is 22. The fourth-order valence-electron chi connectivity index (χ4n) is 8.38. The van der Waals surface area contributed by atoms with Crippen LogP contribution >= 0.6 is 0 Å². The SMILES string of the molecule is CC/C=C\C/C=C\C/C=C\C/C=C\C/C=C\CCCCCC(=O)OC1C(OCC(NC(=O)C(O)CCCCCCCCCCCC)C(O)/C=C/CCCCCCCCCCCC)OC(CO)C(O)C1O. The molecule has 1 saturated heterocycles. The van der Waals surface area contributed by atoms with E-state index in [9.17, 15) is 35.1 Å². The number of aliphatic hydroxyl groups is 5. The molecule has 0 aromatic carbocycles. The van der Waals surface area contributed by atoms with E-state index in [1.807, 2.05) is 6.08 Å². The maximum atomic E-state index is 13.3. The lowest BCUT2D eigenvalue weighted by Gasteiger charge is -2.41. The topological polar surface area (TPSA) is 175 Å². The van der Waals surface area contributed by atoms with Crippen LogP contribution in [0.3, 0.4) is 0 Å². The fourth-order valence-corrected chi connectivity index (χ4v) is 8.38. The Morgan fingerprint density at radius 1 is 0.571 bits per heavy atom. The van der Waals surface area contributed by atoms with Gasteiger partial charge in [-0.3, -0.25) is 9.59 Å². The molecule has 0 radical (unpaired) electrons. The van der Waals surface area contributed by atoms with Crippen molar-refractivity contribution in [2.75, 3.05) is 13.2 Å². The molecule has 11 heteroatoms. The van der Waals surface area contributed by atoms with Crippen LogP contribution in [0.1, 0.15) is 226 Å². The van der Waals surface area contributed by atoms with Crippen LogP contribution in [0, 0.1) is 0 Å². The van der Waals surface area contributed by atoms with Crippen molar-refractivity contribution in [1.29, 1.82) is 0 Å². The van der Waals surface area contributed by atoms with Crippen LogP contribution in [-0.2, 0) is 23.8 Å². The first-order valence-electron chi connectivity index (χ1n) is 28.2. The molecule has 0 aromatic heterocycles. The van der Waals surface area contributed by atoms with Crippen molar-refractivity contribution in [3.63, 3.8) is 0 Å². The molecule has 11 nitrogen and oxygen atoms in total. The molecule has 1 aliphatic rings. The van der Waals surface area contributed by atoms with Gasteiger partial charge < -0.3 is 45.1 Å². The molecule has 404 valence electrons. The number of carbonyl (C=O) groups excluding carboxylic acids is 2. The van der Waals surface area contributed by atoms with Gasteiger partial charge in [-0.25, -0.2) is 0 Å². The summed E-state index contributed by atoms with van der Waals surface area (Å²) in [4.78, 5) is 26.4. The lowest BCUT2D eigenvalue weighted by atomic mass is 9.99. The zero-order chi connectivity index (χ0) is 51.1. The molecule has 1 heterocycles. The highest BCUT2D eigenvalue weighted by molar-refractivity contribution is 5.80. The first-order valence-corrected chi connectivity index (χ1v) is 28.2. The Morgan fingerprint density at radius 3 is 1.54 bits per heavy atom. The summed E-state index contributed by atoms with van der Waals surface area (Å²) < 4.78 is 17.5. The van der Waals surface area contributed by atoms with Crippen molar-refractivity contribution in [1.82, 2.24) is 5.32 Å². The van der Waals surface area contributed by atoms with E-state index in [0.717, 1.165) is 89.9 Å². The largest absolute Gasteiger partial charge is 0.454 e. The summed E-state index contributed by atoms with van der Waals surface area (Å²) in [6, 6.07) is -1.03. The summed E-state index contributed by atoms with van der Waals surface area (Å²) in [5.74, 6) is -1.23. The summed E-state index contributed by atoms with van der Waals surface area (Å²) in [5, 5.41) is 56.7. The number of aliphatic hydroxyl groups excluding tert-OH is 5. The molecule has 0 aliphatic carbocycles. The van der Waals surface area contributed by atoms with Gasteiger partial charge in [0.25, 0.3) is 0 Å². The molecule has 6 N–H and O–H groups in total. The van der Waals surface area contributed by atoms with Gasteiger partial charge in [-0.05, 0) is 70.6 Å². The molecular weight excluding hydrogens is 883 g/mol. The van der Waals surface area contributed by atoms with Crippen molar-refractivity contribution in [2.45, 2.75) is 275 Å². The summed E-state index contributed by atoms with van der Waals surface area (Å²) >= 11 is 0. The Hall–Kier alpha value is -2.90. The Labute approximate surface area is 426 Å². The first-order chi connectivity index (χ1) is 34.2. The number of ether oxygens (including phenoxy) is 3. The quantitative estimate of drug-likeness (QED) is 0.0196. The summed E-state index contributed by atoms with van der Waals surface area (Å²) in [6.07, 6.45) is 48.1. The first kappa shape index (κ1) is 65.1. The Bertz CT molecular complexity index is 1410. The number of hydrogen-bond acceptors (Lipinski definition) is 10. The highest BCUT2D eigenvalue weighted by atomic mass is 16.7. The molecule has 0 aromatic rings. The van der Waals surface area contributed by atoms with Crippen molar-refractivity contribution in [3.8, 4) is 0 Å². The van der Waals surface area contributed by atoms with E-state index in [0.29, 0.717) is 12.8 Å². The normalized spacial score (nSPS) is 20.3. The molecule has 70 heavy (non-hydrogen) atoms. The van der Waals surface area contributed by atoms with Gasteiger partial charge in [-0.15, -0.1) is 0 Å². The lowest BCUT2D eigenvalue weighted by Crippen LogP contribution is -2.61. The van der Waals surface area contributed by atoms with Crippen molar-refractivity contribution >= 4 is 11.9 Å². The maximum Gasteiger partial charge on any atom is 0.306 e.